The highest BCUT2D eigenvalue weighted by Crippen LogP contribution is 2.26. The lowest BCUT2D eigenvalue weighted by Crippen LogP contribution is -2.03. The van der Waals surface area contributed by atoms with Gasteiger partial charge in [0.15, 0.2) is 0 Å². The third kappa shape index (κ3) is 2.25. The van der Waals surface area contributed by atoms with Crippen LogP contribution in [-0.2, 0) is 11.2 Å². The highest BCUT2D eigenvalue weighted by molar-refractivity contribution is 5.78. The van der Waals surface area contributed by atoms with Gasteiger partial charge in [-0.1, -0.05) is 12.1 Å². The highest BCUT2D eigenvalue weighted by Gasteiger charge is 2.15. The number of carbonyl (C=O) groups is 1. The van der Waals surface area contributed by atoms with Crippen molar-refractivity contribution in [2.75, 3.05) is 5.73 Å². The Bertz CT molecular complexity index is 566. The molecule has 0 atom stereocenters. The molecule has 0 radical (unpaired) electrons. The number of anilines is 1. The molecular formula is C11H10FN3O2. The minimum Gasteiger partial charge on any atom is -0.481 e. The van der Waals surface area contributed by atoms with Gasteiger partial charge in [-0.3, -0.25) is 9.89 Å². The highest BCUT2D eigenvalue weighted by atomic mass is 19.1. The van der Waals surface area contributed by atoms with E-state index in [-0.39, 0.29) is 12.2 Å². The zero-order chi connectivity index (χ0) is 12.4. The summed E-state index contributed by atoms with van der Waals surface area (Å²) in [7, 11) is 0. The second-order valence-electron chi connectivity index (χ2n) is 3.54. The Morgan fingerprint density at radius 3 is 2.94 bits per heavy atom. The summed E-state index contributed by atoms with van der Waals surface area (Å²) in [6, 6.07) is 5.78. The third-order valence-electron chi connectivity index (χ3n) is 2.34. The van der Waals surface area contributed by atoms with Crippen LogP contribution in [0.1, 0.15) is 5.56 Å². The van der Waals surface area contributed by atoms with Crippen LogP contribution in [0, 0.1) is 5.82 Å². The topological polar surface area (TPSA) is 92.0 Å². The Morgan fingerprint density at radius 2 is 2.29 bits per heavy atom. The van der Waals surface area contributed by atoms with Crippen molar-refractivity contribution < 1.29 is 14.3 Å². The average Bonchev–Trinajstić information content (AvgIpc) is 2.60. The number of benzene rings is 1. The molecule has 0 fully saturated rings. The lowest BCUT2D eigenvalue weighted by atomic mass is 10.1. The van der Waals surface area contributed by atoms with Crippen molar-refractivity contribution >= 4 is 11.8 Å². The minimum atomic E-state index is -1.02. The standard InChI is InChI=1S/C11H10FN3O2/c12-7-3-1-2-6(4-7)10-8(5-9(16)17)11(13)15-14-10/h1-4H,5H2,(H,16,17)(H3,13,14,15). The summed E-state index contributed by atoms with van der Waals surface area (Å²) in [6.45, 7) is 0. The molecule has 6 heteroatoms. The van der Waals surface area contributed by atoms with Gasteiger partial charge in [0, 0.05) is 11.1 Å². The second-order valence-corrected chi connectivity index (χ2v) is 3.54. The van der Waals surface area contributed by atoms with E-state index in [4.69, 9.17) is 10.8 Å². The van der Waals surface area contributed by atoms with Crippen LogP contribution in [0.4, 0.5) is 10.2 Å². The van der Waals surface area contributed by atoms with Crippen molar-refractivity contribution in [2.24, 2.45) is 0 Å². The van der Waals surface area contributed by atoms with Gasteiger partial charge in [-0.25, -0.2) is 4.39 Å². The molecule has 0 saturated heterocycles. The van der Waals surface area contributed by atoms with Gasteiger partial charge in [-0.2, -0.15) is 5.10 Å². The molecule has 88 valence electrons. The Morgan fingerprint density at radius 1 is 1.53 bits per heavy atom. The monoisotopic (exact) mass is 235 g/mol. The molecule has 0 unspecified atom stereocenters. The summed E-state index contributed by atoms with van der Waals surface area (Å²) >= 11 is 0. The lowest BCUT2D eigenvalue weighted by molar-refractivity contribution is -0.136. The van der Waals surface area contributed by atoms with Crippen LogP contribution in [0.2, 0.25) is 0 Å². The molecule has 2 rings (SSSR count). The van der Waals surface area contributed by atoms with E-state index in [1.807, 2.05) is 0 Å². The number of nitrogens with one attached hydrogen (secondary N) is 1. The van der Waals surface area contributed by atoms with Crippen LogP contribution in [0.5, 0.6) is 0 Å². The number of nitrogen functional groups attached to an aromatic ring is 1. The quantitative estimate of drug-likeness (QED) is 0.750. The first-order valence-corrected chi connectivity index (χ1v) is 4.88. The van der Waals surface area contributed by atoms with Gasteiger partial charge in [0.2, 0.25) is 0 Å². The predicted molar refractivity (Wildman–Crippen MR) is 59.7 cm³/mol. The van der Waals surface area contributed by atoms with E-state index < -0.39 is 11.8 Å². The van der Waals surface area contributed by atoms with Crippen molar-refractivity contribution in [1.29, 1.82) is 0 Å². The van der Waals surface area contributed by atoms with Gasteiger partial charge in [-0.05, 0) is 12.1 Å². The van der Waals surface area contributed by atoms with E-state index in [9.17, 15) is 9.18 Å². The zero-order valence-corrected chi connectivity index (χ0v) is 8.77. The molecule has 1 heterocycles. The number of hydrogen-bond acceptors (Lipinski definition) is 3. The van der Waals surface area contributed by atoms with Crippen molar-refractivity contribution in [3.8, 4) is 11.3 Å². The van der Waals surface area contributed by atoms with Gasteiger partial charge in [0.1, 0.15) is 11.6 Å². The first-order valence-electron chi connectivity index (χ1n) is 4.88. The molecule has 0 bridgehead atoms. The zero-order valence-electron chi connectivity index (χ0n) is 8.77. The van der Waals surface area contributed by atoms with E-state index in [2.05, 4.69) is 10.2 Å². The number of nitrogens with two attached hydrogens (primary N) is 1. The number of rotatable bonds is 3. The van der Waals surface area contributed by atoms with Crippen molar-refractivity contribution in [3.63, 3.8) is 0 Å². The lowest BCUT2D eigenvalue weighted by Gasteiger charge is -2.02. The van der Waals surface area contributed by atoms with Crippen molar-refractivity contribution in [2.45, 2.75) is 6.42 Å². The van der Waals surface area contributed by atoms with E-state index in [0.29, 0.717) is 16.8 Å². The molecule has 0 saturated carbocycles. The SMILES string of the molecule is Nc1n[nH]c(-c2cccc(F)c2)c1CC(=O)O. The Labute approximate surface area is 96.1 Å². The summed E-state index contributed by atoms with van der Waals surface area (Å²) in [5.74, 6) is -1.31. The van der Waals surface area contributed by atoms with Crippen LogP contribution in [-0.4, -0.2) is 21.3 Å². The molecule has 0 aliphatic rings. The molecule has 0 aliphatic heterocycles. The number of hydrogen-bond donors (Lipinski definition) is 3. The number of carboxylic acid groups (broad SMARTS) is 1. The van der Waals surface area contributed by atoms with Crippen LogP contribution >= 0.6 is 0 Å². The molecular weight excluding hydrogens is 225 g/mol. The van der Waals surface area contributed by atoms with E-state index >= 15 is 0 Å². The van der Waals surface area contributed by atoms with Gasteiger partial charge < -0.3 is 10.8 Å². The normalized spacial score (nSPS) is 10.4. The number of carboxylic acids is 1. The van der Waals surface area contributed by atoms with Gasteiger partial charge in [0.25, 0.3) is 0 Å². The molecule has 0 aliphatic carbocycles. The van der Waals surface area contributed by atoms with E-state index in [1.165, 1.54) is 18.2 Å². The fourth-order valence-corrected chi connectivity index (χ4v) is 1.59. The number of nitrogens with zero attached hydrogens (tertiary/aromatic N) is 1. The number of halogens is 1. The number of aromatic nitrogens is 2. The van der Waals surface area contributed by atoms with E-state index in [0.717, 1.165) is 0 Å². The maximum Gasteiger partial charge on any atom is 0.308 e. The van der Waals surface area contributed by atoms with Crippen molar-refractivity contribution in [3.05, 3.63) is 35.6 Å². The van der Waals surface area contributed by atoms with Gasteiger partial charge >= 0.3 is 5.97 Å². The predicted octanol–water partition coefficient (Wildman–Crippen LogP) is 1.43. The maximum absolute atomic E-state index is 13.1. The largest absolute Gasteiger partial charge is 0.481 e. The Hall–Kier alpha value is -2.37. The van der Waals surface area contributed by atoms with E-state index in [1.54, 1.807) is 6.07 Å². The second kappa shape index (κ2) is 4.25. The summed E-state index contributed by atoms with van der Waals surface area (Å²) in [5, 5.41) is 15.1. The Balaban J connectivity index is 2.48. The summed E-state index contributed by atoms with van der Waals surface area (Å²) < 4.78 is 13.1. The number of aromatic amines is 1. The third-order valence-corrected chi connectivity index (χ3v) is 2.34. The van der Waals surface area contributed by atoms with Gasteiger partial charge in [0.05, 0.1) is 12.1 Å². The fraction of sp³-hybridized carbons (Fsp3) is 0.0909. The fourth-order valence-electron chi connectivity index (χ4n) is 1.59. The first kappa shape index (κ1) is 11.1. The van der Waals surface area contributed by atoms with Gasteiger partial charge in [-0.15, -0.1) is 0 Å². The smallest absolute Gasteiger partial charge is 0.308 e. The molecule has 5 nitrogen and oxygen atoms in total. The Kier molecular flexibility index (Phi) is 2.78. The first-order chi connectivity index (χ1) is 8.08. The van der Waals surface area contributed by atoms with Crippen LogP contribution in [0.3, 0.4) is 0 Å². The average molecular weight is 235 g/mol. The molecule has 0 spiro atoms. The molecule has 2 aromatic rings. The van der Waals surface area contributed by atoms with Crippen LogP contribution in [0.25, 0.3) is 11.3 Å². The van der Waals surface area contributed by atoms with Crippen LogP contribution in [0.15, 0.2) is 24.3 Å². The maximum atomic E-state index is 13.1. The number of aliphatic carboxylic acids is 1. The molecule has 0 amide bonds. The van der Waals surface area contributed by atoms with Crippen molar-refractivity contribution in [1.82, 2.24) is 10.2 Å². The molecule has 1 aromatic heterocycles. The molecule has 1 aromatic carbocycles. The molecule has 4 N–H and O–H groups in total. The minimum absolute atomic E-state index is 0.117. The summed E-state index contributed by atoms with van der Waals surface area (Å²) in [6.07, 6.45) is -0.256. The number of H-pyrrole nitrogens is 1. The summed E-state index contributed by atoms with van der Waals surface area (Å²) in [4.78, 5) is 10.7. The summed E-state index contributed by atoms with van der Waals surface area (Å²) in [5.41, 5.74) is 6.88. The molecule has 17 heavy (non-hydrogen) atoms. The van der Waals surface area contributed by atoms with Crippen LogP contribution < -0.4 is 5.73 Å².